The van der Waals surface area contributed by atoms with Crippen molar-refractivity contribution < 1.29 is 19.0 Å². The molecule has 8 nitrogen and oxygen atoms in total. The molecule has 1 amide bonds. The number of carbonyl (C=O) groups excluding carboxylic acids is 1. The third-order valence-electron chi connectivity index (χ3n) is 5.15. The van der Waals surface area contributed by atoms with Crippen LogP contribution in [-0.2, 0) is 6.54 Å². The monoisotopic (exact) mass is 444 g/mol. The van der Waals surface area contributed by atoms with E-state index in [0.29, 0.717) is 35.2 Å². The van der Waals surface area contributed by atoms with Crippen molar-refractivity contribution in [1.29, 1.82) is 0 Å². The summed E-state index contributed by atoms with van der Waals surface area (Å²) in [7, 11) is 4.79. The first-order chi connectivity index (χ1) is 16.1. The van der Waals surface area contributed by atoms with E-state index in [1.165, 1.54) is 0 Å². The highest BCUT2D eigenvalue weighted by atomic mass is 16.5. The first-order valence-corrected chi connectivity index (χ1v) is 10.3. The molecule has 0 fully saturated rings. The molecule has 2 aromatic carbocycles. The first kappa shape index (κ1) is 21.9. The first-order valence-electron chi connectivity index (χ1n) is 10.3. The Bertz CT molecular complexity index is 1240. The highest BCUT2D eigenvalue weighted by Gasteiger charge is 2.20. The zero-order valence-corrected chi connectivity index (χ0v) is 18.6. The number of ether oxygens (including phenoxy) is 3. The normalized spacial score (nSPS) is 10.5. The molecule has 168 valence electrons. The third kappa shape index (κ3) is 4.79. The van der Waals surface area contributed by atoms with Crippen molar-refractivity contribution in [1.82, 2.24) is 20.1 Å². The van der Waals surface area contributed by atoms with Gasteiger partial charge in [-0.2, -0.15) is 5.10 Å². The SMILES string of the molecule is COc1ccc(-n2nc(-c3ccc(OC)cc3OC)cc2C(=O)NCc2ccncc2)cc1. The lowest BCUT2D eigenvalue weighted by Crippen LogP contribution is -2.25. The summed E-state index contributed by atoms with van der Waals surface area (Å²) in [6.45, 7) is 0.371. The molecular weight excluding hydrogens is 420 g/mol. The molecule has 0 aliphatic rings. The molecule has 33 heavy (non-hydrogen) atoms. The minimum Gasteiger partial charge on any atom is -0.497 e. The maximum atomic E-state index is 13.2. The second-order valence-electron chi connectivity index (χ2n) is 7.13. The summed E-state index contributed by atoms with van der Waals surface area (Å²) in [4.78, 5) is 17.2. The molecular formula is C25H24N4O4. The minimum atomic E-state index is -0.256. The predicted octanol–water partition coefficient (Wildman–Crippen LogP) is 3.89. The van der Waals surface area contributed by atoms with Gasteiger partial charge in [0.15, 0.2) is 0 Å². The molecule has 2 heterocycles. The van der Waals surface area contributed by atoms with E-state index in [1.54, 1.807) is 50.5 Å². The number of methoxy groups -OCH3 is 3. The van der Waals surface area contributed by atoms with Gasteiger partial charge in [-0.3, -0.25) is 9.78 Å². The van der Waals surface area contributed by atoms with Crippen molar-refractivity contribution in [2.75, 3.05) is 21.3 Å². The zero-order chi connectivity index (χ0) is 23.2. The van der Waals surface area contributed by atoms with Gasteiger partial charge in [-0.25, -0.2) is 4.68 Å². The minimum absolute atomic E-state index is 0.256. The third-order valence-corrected chi connectivity index (χ3v) is 5.15. The predicted molar refractivity (Wildman–Crippen MR) is 124 cm³/mol. The second kappa shape index (κ2) is 9.86. The van der Waals surface area contributed by atoms with Crippen LogP contribution in [0.2, 0.25) is 0 Å². The Kier molecular flexibility index (Phi) is 6.54. The molecule has 0 bridgehead atoms. The zero-order valence-electron chi connectivity index (χ0n) is 18.6. The summed E-state index contributed by atoms with van der Waals surface area (Å²) in [6, 6.07) is 18.3. The van der Waals surface area contributed by atoms with Gasteiger partial charge in [0, 0.05) is 30.6 Å². The number of rotatable bonds is 8. The maximum absolute atomic E-state index is 13.2. The summed E-state index contributed by atoms with van der Waals surface area (Å²) in [5.41, 5.74) is 3.41. The number of pyridine rings is 1. The molecule has 2 aromatic heterocycles. The van der Waals surface area contributed by atoms with Crippen LogP contribution in [0, 0.1) is 0 Å². The van der Waals surface area contributed by atoms with E-state index in [0.717, 1.165) is 16.8 Å². The maximum Gasteiger partial charge on any atom is 0.270 e. The van der Waals surface area contributed by atoms with Gasteiger partial charge in [-0.05, 0) is 60.2 Å². The van der Waals surface area contributed by atoms with Crippen molar-refractivity contribution in [2.24, 2.45) is 0 Å². The highest BCUT2D eigenvalue weighted by Crippen LogP contribution is 2.33. The number of nitrogens with zero attached hydrogens (tertiary/aromatic N) is 3. The van der Waals surface area contributed by atoms with Gasteiger partial charge >= 0.3 is 0 Å². The van der Waals surface area contributed by atoms with E-state index in [9.17, 15) is 4.79 Å². The number of hydrogen-bond acceptors (Lipinski definition) is 6. The Morgan fingerprint density at radius 3 is 2.24 bits per heavy atom. The summed E-state index contributed by atoms with van der Waals surface area (Å²) in [6.07, 6.45) is 3.38. The Balaban J connectivity index is 1.73. The van der Waals surface area contributed by atoms with E-state index >= 15 is 0 Å². The van der Waals surface area contributed by atoms with Crippen LogP contribution >= 0.6 is 0 Å². The molecule has 4 rings (SSSR count). The van der Waals surface area contributed by atoms with Crippen molar-refractivity contribution in [2.45, 2.75) is 6.54 Å². The standard InChI is InChI=1S/C25H24N4O4/c1-31-19-6-4-18(5-7-19)29-23(25(30)27-16-17-10-12-26-13-11-17)15-22(28-29)21-9-8-20(32-2)14-24(21)33-3/h4-15H,16H2,1-3H3,(H,27,30). The molecule has 1 N–H and O–H groups in total. The van der Waals surface area contributed by atoms with Gasteiger partial charge in [0.05, 0.1) is 32.7 Å². The Morgan fingerprint density at radius 2 is 1.58 bits per heavy atom. The van der Waals surface area contributed by atoms with E-state index in [4.69, 9.17) is 19.3 Å². The number of amides is 1. The molecule has 0 spiro atoms. The van der Waals surface area contributed by atoms with Crippen LogP contribution in [0.1, 0.15) is 16.1 Å². The van der Waals surface area contributed by atoms with E-state index in [1.807, 2.05) is 48.5 Å². The molecule has 0 unspecified atom stereocenters. The molecule has 0 saturated heterocycles. The van der Waals surface area contributed by atoms with E-state index < -0.39 is 0 Å². The second-order valence-corrected chi connectivity index (χ2v) is 7.13. The van der Waals surface area contributed by atoms with E-state index in [2.05, 4.69) is 10.3 Å². The lowest BCUT2D eigenvalue weighted by molar-refractivity contribution is 0.0943. The van der Waals surface area contributed by atoms with Crippen LogP contribution in [0.3, 0.4) is 0 Å². The van der Waals surface area contributed by atoms with Crippen LogP contribution in [0.5, 0.6) is 17.2 Å². The van der Waals surface area contributed by atoms with Crippen molar-refractivity contribution in [3.63, 3.8) is 0 Å². The summed E-state index contributed by atoms with van der Waals surface area (Å²) in [5.74, 6) is 1.72. The molecule has 4 aromatic rings. The quantitative estimate of drug-likeness (QED) is 0.444. The van der Waals surface area contributed by atoms with Crippen LogP contribution in [0.25, 0.3) is 16.9 Å². The van der Waals surface area contributed by atoms with Gasteiger partial charge in [0.2, 0.25) is 0 Å². The van der Waals surface area contributed by atoms with Gasteiger partial charge in [-0.15, -0.1) is 0 Å². The fraction of sp³-hybridized carbons (Fsp3) is 0.160. The molecule has 0 saturated carbocycles. The fourth-order valence-corrected chi connectivity index (χ4v) is 3.38. The van der Waals surface area contributed by atoms with Crippen molar-refractivity contribution >= 4 is 5.91 Å². The topological polar surface area (TPSA) is 87.5 Å². The highest BCUT2D eigenvalue weighted by molar-refractivity contribution is 5.94. The van der Waals surface area contributed by atoms with Gasteiger partial charge < -0.3 is 19.5 Å². The van der Waals surface area contributed by atoms with Crippen LogP contribution < -0.4 is 19.5 Å². The fourth-order valence-electron chi connectivity index (χ4n) is 3.38. The molecule has 0 aliphatic heterocycles. The van der Waals surface area contributed by atoms with Crippen LogP contribution in [0.15, 0.2) is 73.1 Å². The van der Waals surface area contributed by atoms with Crippen molar-refractivity contribution in [3.05, 3.63) is 84.3 Å². The average Bonchev–Trinajstić information content (AvgIpc) is 3.33. The van der Waals surface area contributed by atoms with Gasteiger partial charge in [-0.1, -0.05) is 0 Å². The molecule has 0 atom stereocenters. The summed E-state index contributed by atoms with van der Waals surface area (Å²) >= 11 is 0. The van der Waals surface area contributed by atoms with Crippen LogP contribution in [-0.4, -0.2) is 42.0 Å². The van der Waals surface area contributed by atoms with Crippen LogP contribution in [0.4, 0.5) is 0 Å². The molecule has 0 radical (unpaired) electrons. The van der Waals surface area contributed by atoms with Crippen molar-refractivity contribution in [3.8, 4) is 34.2 Å². The Hall–Kier alpha value is -4.33. The van der Waals surface area contributed by atoms with Gasteiger partial charge in [0.1, 0.15) is 22.9 Å². The number of aromatic nitrogens is 3. The Morgan fingerprint density at radius 1 is 0.879 bits per heavy atom. The lowest BCUT2D eigenvalue weighted by Gasteiger charge is -2.09. The summed E-state index contributed by atoms with van der Waals surface area (Å²) < 4.78 is 17.7. The number of nitrogens with one attached hydrogen (secondary N) is 1. The smallest absolute Gasteiger partial charge is 0.270 e. The van der Waals surface area contributed by atoms with Gasteiger partial charge in [0.25, 0.3) is 5.91 Å². The van der Waals surface area contributed by atoms with E-state index in [-0.39, 0.29) is 5.91 Å². The average molecular weight is 444 g/mol. The Labute approximate surface area is 191 Å². The number of hydrogen-bond donors (Lipinski definition) is 1. The molecule has 8 heteroatoms. The molecule has 0 aliphatic carbocycles. The lowest BCUT2D eigenvalue weighted by atomic mass is 10.1. The number of carbonyl (C=O) groups is 1. The largest absolute Gasteiger partial charge is 0.497 e. The number of benzene rings is 2. The summed E-state index contributed by atoms with van der Waals surface area (Å²) in [5, 5.41) is 7.69.